The highest BCUT2D eigenvalue weighted by Crippen LogP contribution is 2.37. The molecule has 2 N–H and O–H groups in total. The molecule has 0 atom stereocenters. The molecular formula is C20H20O5S. The molecule has 0 fully saturated rings. The highest BCUT2D eigenvalue weighted by Gasteiger charge is 2.16. The third kappa shape index (κ3) is 3.46. The number of methoxy groups -OCH3 is 1. The number of phenolic OH excluding ortho intramolecular Hbond substituents is 2. The van der Waals surface area contributed by atoms with Gasteiger partial charge in [0.2, 0.25) is 0 Å². The van der Waals surface area contributed by atoms with Crippen molar-refractivity contribution in [1.29, 1.82) is 0 Å². The predicted molar refractivity (Wildman–Crippen MR) is 101 cm³/mol. The third-order valence-corrected chi connectivity index (χ3v) is 5.48. The van der Waals surface area contributed by atoms with E-state index in [4.69, 9.17) is 9.47 Å². The zero-order valence-electron chi connectivity index (χ0n) is 14.8. The molecule has 0 radical (unpaired) electrons. The number of ether oxygens (including phenoxy) is 2. The number of thiophene rings is 1. The number of carbonyl (C=O) groups excluding carboxylic acids is 1. The number of aryl methyl sites for hydroxylation is 2. The van der Waals surface area contributed by atoms with Gasteiger partial charge in [-0.25, -0.2) is 0 Å². The number of benzene rings is 2. The average Bonchev–Trinajstić information content (AvgIpc) is 3.02. The zero-order valence-corrected chi connectivity index (χ0v) is 15.6. The molecule has 0 bridgehead atoms. The third-order valence-electron chi connectivity index (χ3n) is 4.33. The normalized spacial score (nSPS) is 10.9. The quantitative estimate of drug-likeness (QED) is 0.656. The minimum Gasteiger partial charge on any atom is -0.508 e. The standard InChI is InChI=1S/C20H20O5S/c1-11-6-17(25-9-13-4-5-15(21)8-16(13)22)12(2)20-19(11)14(10-26-20)7-18(23)24-3/h4-6,8,10,21-22H,7,9H2,1-3H3. The average molecular weight is 372 g/mol. The summed E-state index contributed by atoms with van der Waals surface area (Å²) in [5, 5.41) is 22.3. The summed E-state index contributed by atoms with van der Waals surface area (Å²) in [6.45, 7) is 4.16. The number of carbonyl (C=O) groups is 1. The number of esters is 1. The van der Waals surface area contributed by atoms with Crippen LogP contribution < -0.4 is 4.74 Å². The van der Waals surface area contributed by atoms with E-state index in [1.165, 1.54) is 19.2 Å². The lowest BCUT2D eigenvalue weighted by molar-refractivity contribution is -0.139. The van der Waals surface area contributed by atoms with E-state index in [-0.39, 0.29) is 30.5 Å². The van der Waals surface area contributed by atoms with Gasteiger partial charge in [0.05, 0.1) is 13.5 Å². The summed E-state index contributed by atoms with van der Waals surface area (Å²) in [6.07, 6.45) is 0.248. The molecule has 0 saturated heterocycles. The van der Waals surface area contributed by atoms with E-state index in [0.29, 0.717) is 5.56 Å². The Morgan fingerprint density at radius 2 is 1.92 bits per heavy atom. The van der Waals surface area contributed by atoms with Crippen molar-refractivity contribution in [1.82, 2.24) is 0 Å². The van der Waals surface area contributed by atoms with Crippen LogP contribution in [-0.2, 0) is 22.6 Å². The highest BCUT2D eigenvalue weighted by molar-refractivity contribution is 7.17. The first kappa shape index (κ1) is 18.1. The number of hydrogen-bond acceptors (Lipinski definition) is 6. The molecule has 0 saturated carbocycles. The van der Waals surface area contributed by atoms with Crippen molar-refractivity contribution < 1.29 is 24.5 Å². The first-order valence-electron chi connectivity index (χ1n) is 8.11. The SMILES string of the molecule is COC(=O)Cc1csc2c(C)c(OCc3ccc(O)cc3O)cc(C)c12. The molecule has 0 amide bonds. The minimum absolute atomic E-state index is 0.00283. The van der Waals surface area contributed by atoms with E-state index >= 15 is 0 Å². The molecule has 1 heterocycles. The van der Waals surface area contributed by atoms with E-state index in [2.05, 4.69) is 0 Å². The van der Waals surface area contributed by atoms with Gasteiger partial charge in [0.25, 0.3) is 0 Å². The van der Waals surface area contributed by atoms with Gasteiger partial charge in [0.1, 0.15) is 23.9 Å². The molecule has 136 valence electrons. The van der Waals surface area contributed by atoms with Gasteiger partial charge in [-0.1, -0.05) is 0 Å². The van der Waals surface area contributed by atoms with Gasteiger partial charge < -0.3 is 19.7 Å². The summed E-state index contributed by atoms with van der Waals surface area (Å²) in [5.74, 6) is 0.479. The van der Waals surface area contributed by atoms with Crippen LogP contribution in [0.5, 0.6) is 17.2 Å². The summed E-state index contributed by atoms with van der Waals surface area (Å²) in [4.78, 5) is 11.6. The van der Waals surface area contributed by atoms with Crippen LogP contribution in [0.25, 0.3) is 10.1 Å². The molecule has 3 aromatic rings. The van der Waals surface area contributed by atoms with Gasteiger partial charge in [-0.2, -0.15) is 0 Å². The van der Waals surface area contributed by atoms with Crippen molar-refractivity contribution in [2.45, 2.75) is 26.9 Å². The molecular weight excluding hydrogens is 352 g/mol. The van der Waals surface area contributed by atoms with Crippen molar-refractivity contribution in [3.63, 3.8) is 0 Å². The molecule has 0 spiro atoms. The summed E-state index contributed by atoms with van der Waals surface area (Å²) < 4.78 is 11.8. The van der Waals surface area contributed by atoms with Crippen molar-refractivity contribution >= 4 is 27.4 Å². The van der Waals surface area contributed by atoms with Crippen LogP contribution in [0.2, 0.25) is 0 Å². The van der Waals surface area contributed by atoms with Crippen LogP contribution in [-0.4, -0.2) is 23.3 Å². The first-order chi connectivity index (χ1) is 12.4. The summed E-state index contributed by atoms with van der Waals surface area (Å²) in [6, 6.07) is 6.38. The Kier molecular flexibility index (Phi) is 5.04. The Morgan fingerprint density at radius 3 is 2.62 bits per heavy atom. The van der Waals surface area contributed by atoms with Crippen LogP contribution >= 0.6 is 11.3 Å². The van der Waals surface area contributed by atoms with Crippen molar-refractivity contribution in [3.8, 4) is 17.2 Å². The van der Waals surface area contributed by atoms with Crippen LogP contribution in [0.1, 0.15) is 22.3 Å². The second-order valence-electron chi connectivity index (χ2n) is 6.14. The van der Waals surface area contributed by atoms with Crippen molar-refractivity contribution in [3.05, 3.63) is 51.9 Å². The highest BCUT2D eigenvalue weighted by atomic mass is 32.1. The van der Waals surface area contributed by atoms with Crippen LogP contribution in [0.4, 0.5) is 0 Å². The lowest BCUT2D eigenvalue weighted by atomic mass is 10.0. The van der Waals surface area contributed by atoms with E-state index in [9.17, 15) is 15.0 Å². The van der Waals surface area contributed by atoms with Gasteiger partial charge >= 0.3 is 5.97 Å². The lowest BCUT2D eigenvalue weighted by Gasteiger charge is -2.13. The minimum atomic E-state index is -0.259. The van der Waals surface area contributed by atoms with E-state index in [1.54, 1.807) is 17.4 Å². The Balaban J connectivity index is 1.90. The monoisotopic (exact) mass is 372 g/mol. The fraction of sp³-hybridized carbons (Fsp3) is 0.250. The molecule has 5 nitrogen and oxygen atoms in total. The topological polar surface area (TPSA) is 76.0 Å². The van der Waals surface area contributed by atoms with Crippen LogP contribution in [0.3, 0.4) is 0 Å². The van der Waals surface area contributed by atoms with Gasteiger partial charge in [-0.05, 0) is 53.9 Å². The van der Waals surface area contributed by atoms with Gasteiger partial charge in [0.15, 0.2) is 0 Å². The maximum atomic E-state index is 11.6. The summed E-state index contributed by atoms with van der Waals surface area (Å²) >= 11 is 1.58. The fourth-order valence-corrected chi connectivity index (χ4v) is 4.08. The van der Waals surface area contributed by atoms with E-state index in [0.717, 1.165) is 32.5 Å². The van der Waals surface area contributed by atoms with Crippen molar-refractivity contribution in [2.75, 3.05) is 7.11 Å². The molecule has 2 aromatic carbocycles. The molecule has 3 rings (SSSR count). The number of phenols is 2. The van der Waals surface area contributed by atoms with E-state index < -0.39 is 0 Å². The maximum Gasteiger partial charge on any atom is 0.310 e. The summed E-state index contributed by atoms with van der Waals surface area (Å²) in [7, 11) is 1.39. The largest absolute Gasteiger partial charge is 0.508 e. The fourth-order valence-electron chi connectivity index (χ4n) is 2.93. The predicted octanol–water partition coefficient (Wildman–Crippen LogP) is 4.22. The number of rotatable bonds is 5. The van der Waals surface area contributed by atoms with Gasteiger partial charge in [-0.3, -0.25) is 4.79 Å². The second-order valence-corrected chi connectivity index (χ2v) is 7.02. The Hall–Kier alpha value is -2.73. The molecule has 26 heavy (non-hydrogen) atoms. The van der Waals surface area contributed by atoms with Gasteiger partial charge in [-0.15, -0.1) is 11.3 Å². The maximum absolute atomic E-state index is 11.6. The molecule has 0 aliphatic rings. The number of fused-ring (bicyclic) bond motifs is 1. The zero-order chi connectivity index (χ0) is 18.8. The Bertz CT molecular complexity index is 974. The van der Waals surface area contributed by atoms with E-state index in [1.807, 2.05) is 25.3 Å². The Labute approximate surface area is 155 Å². The molecule has 6 heteroatoms. The van der Waals surface area contributed by atoms with Crippen LogP contribution in [0.15, 0.2) is 29.6 Å². The summed E-state index contributed by atoms with van der Waals surface area (Å²) in [5.41, 5.74) is 3.57. The number of hydrogen-bond donors (Lipinski definition) is 2. The van der Waals surface area contributed by atoms with Gasteiger partial charge in [0, 0.05) is 21.9 Å². The first-order valence-corrected chi connectivity index (χ1v) is 8.99. The van der Waals surface area contributed by atoms with Crippen LogP contribution in [0, 0.1) is 13.8 Å². The number of aromatic hydroxyl groups is 2. The molecule has 0 unspecified atom stereocenters. The Morgan fingerprint density at radius 1 is 1.15 bits per heavy atom. The molecule has 0 aliphatic carbocycles. The lowest BCUT2D eigenvalue weighted by Crippen LogP contribution is -2.04. The molecule has 1 aromatic heterocycles. The molecule has 0 aliphatic heterocycles. The van der Waals surface area contributed by atoms with Crippen molar-refractivity contribution in [2.24, 2.45) is 0 Å². The second kappa shape index (κ2) is 7.25. The smallest absolute Gasteiger partial charge is 0.310 e.